The molecular formula is C14H25NS2. The van der Waals surface area contributed by atoms with Gasteiger partial charge in [0.1, 0.15) is 0 Å². The molecule has 2 atom stereocenters. The zero-order valence-electron chi connectivity index (χ0n) is 10.9. The Morgan fingerprint density at radius 2 is 2.35 bits per heavy atom. The average molecular weight is 271 g/mol. The summed E-state index contributed by atoms with van der Waals surface area (Å²) in [6, 6.07) is 0.660. The second kappa shape index (κ2) is 7.75. The van der Waals surface area contributed by atoms with Crippen molar-refractivity contribution in [2.45, 2.75) is 50.3 Å². The fraction of sp³-hybridized carbons (Fsp3) is 0.857. The number of nitrogens with one attached hydrogen (secondary N) is 1. The molecule has 1 saturated heterocycles. The van der Waals surface area contributed by atoms with Crippen LogP contribution < -0.4 is 5.32 Å². The Morgan fingerprint density at radius 3 is 3.00 bits per heavy atom. The summed E-state index contributed by atoms with van der Waals surface area (Å²) in [4.78, 5) is 0. The molecule has 1 fully saturated rings. The number of thioether (sulfide) groups is 2. The Kier molecular flexibility index (Phi) is 6.30. The Labute approximate surface area is 115 Å². The minimum Gasteiger partial charge on any atom is -0.309 e. The summed E-state index contributed by atoms with van der Waals surface area (Å²) >= 11 is 4.33. The van der Waals surface area contributed by atoms with E-state index < -0.39 is 0 Å². The summed E-state index contributed by atoms with van der Waals surface area (Å²) in [6.07, 6.45) is 9.22. The number of rotatable bonds is 5. The first kappa shape index (κ1) is 13.8. The first-order valence-corrected chi connectivity index (χ1v) is 9.24. The predicted octanol–water partition coefficient (Wildman–Crippen LogP) is 3.70. The number of hydrogen-bond acceptors (Lipinski definition) is 3. The van der Waals surface area contributed by atoms with Crippen LogP contribution in [0.4, 0.5) is 0 Å². The van der Waals surface area contributed by atoms with Crippen molar-refractivity contribution in [1.82, 2.24) is 5.32 Å². The third-order valence-electron chi connectivity index (χ3n) is 3.55. The monoisotopic (exact) mass is 271 g/mol. The molecule has 0 radical (unpaired) electrons. The van der Waals surface area contributed by atoms with E-state index in [-0.39, 0.29) is 0 Å². The van der Waals surface area contributed by atoms with Crippen molar-refractivity contribution < 1.29 is 0 Å². The molecule has 0 aromatic heterocycles. The van der Waals surface area contributed by atoms with Crippen molar-refractivity contribution in [3.05, 3.63) is 11.6 Å². The molecule has 0 aromatic rings. The highest BCUT2D eigenvalue weighted by atomic mass is 32.2. The quantitative estimate of drug-likeness (QED) is 0.766. The lowest BCUT2D eigenvalue weighted by molar-refractivity contribution is 0.527. The molecule has 1 aliphatic carbocycles. The Balaban J connectivity index is 1.97. The highest BCUT2D eigenvalue weighted by molar-refractivity contribution is 8.06. The van der Waals surface area contributed by atoms with Crippen LogP contribution in [-0.4, -0.2) is 35.1 Å². The van der Waals surface area contributed by atoms with Gasteiger partial charge in [0.05, 0.1) is 0 Å². The molecule has 1 heterocycles. The lowest BCUT2D eigenvalue weighted by Crippen LogP contribution is -2.43. The van der Waals surface area contributed by atoms with Crippen LogP contribution in [0.15, 0.2) is 11.6 Å². The van der Waals surface area contributed by atoms with E-state index in [2.05, 4.69) is 41.8 Å². The van der Waals surface area contributed by atoms with Crippen molar-refractivity contribution in [3.63, 3.8) is 0 Å². The van der Waals surface area contributed by atoms with Gasteiger partial charge < -0.3 is 5.32 Å². The maximum atomic E-state index is 3.81. The third-order valence-corrected chi connectivity index (χ3v) is 6.42. The van der Waals surface area contributed by atoms with Crippen molar-refractivity contribution in [2.75, 3.05) is 23.8 Å². The second-order valence-corrected chi connectivity index (χ2v) is 7.44. The van der Waals surface area contributed by atoms with E-state index in [4.69, 9.17) is 0 Å². The fourth-order valence-corrected chi connectivity index (χ4v) is 5.53. The largest absolute Gasteiger partial charge is 0.309 e. The number of allylic oxidation sites excluding steroid dienone is 1. The van der Waals surface area contributed by atoms with E-state index >= 15 is 0 Å². The molecule has 1 nitrogen and oxygen atoms in total. The Bertz CT molecular complexity index is 247. The maximum absolute atomic E-state index is 3.81. The molecular weight excluding hydrogens is 246 g/mol. The molecule has 1 N–H and O–H groups in total. The molecule has 3 heteroatoms. The third kappa shape index (κ3) is 4.22. The molecule has 1 aliphatic heterocycles. The van der Waals surface area contributed by atoms with E-state index in [0.717, 1.165) is 5.25 Å². The van der Waals surface area contributed by atoms with Gasteiger partial charge in [-0.05, 0) is 38.6 Å². The molecule has 0 spiro atoms. The van der Waals surface area contributed by atoms with Crippen LogP contribution in [0, 0.1) is 0 Å². The Hall–Kier alpha value is 0.400. The fourth-order valence-electron chi connectivity index (χ4n) is 2.65. The molecule has 0 bridgehead atoms. The van der Waals surface area contributed by atoms with Gasteiger partial charge in [-0.3, -0.25) is 0 Å². The van der Waals surface area contributed by atoms with Gasteiger partial charge in [-0.1, -0.05) is 18.6 Å². The minimum absolute atomic E-state index is 0.660. The van der Waals surface area contributed by atoms with Crippen LogP contribution in [-0.2, 0) is 0 Å². The summed E-state index contributed by atoms with van der Waals surface area (Å²) in [7, 11) is 0. The molecule has 0 saturated carbocycles. The standard InChI is InChI=1S/C14H25NS2/c1-2-8-15-14(12-6-4-3-5-7-12)13-11-16-9-10-17-13/h6,13-15H,2-5,7-11H2,1H3. The maximum Gasteiger partial charge on any atom is 0.0407 e. The lowest BCUT2D eigenvalue weighted by atomic mass is 9.92. The van der Waals surface area contributed by atoms with Gasteiger partial charge >= 0.3 is 0 Å². The van der Waals surface area contributed by atoms with Gasteiger partial charge in [-0.15, -0.1) is 0 Å². The first-order valence-electron chi connectivity index (χ1n) is 7.03. The highest BCUT2D eigenvalue weighted by Gasteiger charge is 2.27. The van der Waals surface area contributed by atoms with Crippen molar-refractivity contribution >= 4 is 23.5 Å². The van der Waals surface area contributed by atoms with Gasteiger partial charge in [-0.25, -0.2) is 0 Å². The van der Waals surface area contributed by atoms with Gasteiger partial charge in [-0.2, -0.15) is 23.5 Å². The number of hydrogen-bond donors (Lipinski definition) is 1. The van der Waals surface area contributed by atoms with Gasteiger partial charge in [0, 0.05) is 28.6 Å². The average Bonchev–Trinajstić information content (AvgIpc) is 2.42. The zero-order chi connectivity index (χ0) is 11.9. The molecule has 2 aliphatic rings. The molecule has 98 valence electrons. The smallest absolute Gasteiger partial charge is 0.0407 e. The van der Waals surface area contributed by atoms with E-state index in [1.165, 1.54) is 55.9 Å². The van der Waals surface area contributed by atoms with E-state index in [9.17, 15) is 0 Å². The minimum atomic E-state index is 0.660. The van der Waals surface area contributed by atoms with Crippen LogP contribution >= 0.6 is 23.5 Å². The predicted molar refractivity (Wildman–Crippen MR) is 82.2 cm³/mol. The molecule has 0 aromatic carbocycles. The lowest BCUT2D eigenvalue weighted by Gasteiger charge is -2.33. The Morgan fingerprint density at radius 1 is 1.41 bits per heavy atom. The van der Waals surface area contributed by atoms with E-state index in [1.54, 1.807) is 5.57 Å². The summed E-state index contributed by atoms with van der Waals surface area (Å²) in [5, 5.41) is 4.62. The van der Waals surface area contributed by atoms with Gasteiger partial charge in [0.2, 0.25) is 0 Å². The SMILES string of the molecule is CCCNC(C1=CCCCC1)C1CSCCS1. The topological polar surface area (TPSA) is 12.0 Å². The van der Waals surface area contributed by atoms with Crippen molar-refractivity contribution in [3.8, 4) is 0 Å². The van der Waals surface area contributed by atoms with E-state index in [1.807, 2.05) is 0 Å². The molecule has 17 heavy (non-hydrogen) atoms. The van der Waals surface area contributed by atoms with Gasteiger partial charge in [0.15, 0.2) is 0 Å². The normalized spacial score (nSPS) is 27.6. The van der Waals surface area contributed by atoms with Gasteiger partial charge in [0.25, 0.3) is 0 Å². The first-order chi connectivity index (χ1) is 8.42. The summed E-state index contributed by atoms with van der Waals surface area (Å²) in [5.74, 6) is 4.02. The second-order valence-electron chi connectivity index (χ2n) is 4.94. The van der Waals surface area contributed by atoms with E-state index in [0.29, 0.717) is 6.04 Å². The molecule has 2 unspecified atom stereocenters. The molecule has 2 rings (SSSR count). The zero-order valence-corrected chi connectivity index (χ0v) is 12.5. The summed E-state index contributed by atoms with van der Waals surface area (Å²) < 4.78 is 0. The summed E-state index contributed by atoms with van der Waals surface area (Å²) in [6.45, 7) is 3.44. The molecule has 0 amide bonds. The van der Waals surface area contributed by atoms with Crippen molar-refractivity contribution in [2.24, 2.45) is 0 Å². The van der Waals surface area contributed by atoms with Crippen LogP contribution in [0.3, 0.4) is 0 Å². The van der Waals surface area contributed by atoms with Crippen LogP contribution in [0.2, 0.25) is 0 Å². The summed E-state index contributed by atoms with van der Waals surface area (Å²) in [5.41, 5.74) is 1.71. The van der Waals surface area contributed by atoms with Crippen LogP contribution in [0.25, 0.3) is 0 Å². The highest BCUT2D eigenvalue weighted by Crippen LogP contribution is 2.32. The van der Waals surface area contributed by atoms with Crippen LogP contribution in [0.1, 0.15) is 39.0 Å². The van der Waals surface area contributed by atoms with Crippen LogP contribution in [0.5, 0.6) is 0 Å². The van der Waals surface area contributed by atoms with Crippen molar-refractivity contribution in [1.29, 1.82) is 0 Å².